The first-order chi connectivity index (χ1) is 7.40. The van der Waals surface area contributed by atoms with E-state index in [-0.39, 0.29) is 0 Å². The van der Waals surface area contributed by atoms with Crippen molar-refractivity contribution in [2.45, 2.75) is 5.92 Å². The zero-order valence-electron chi connectivity index (χ0n) is 8.39. The van der Waals surface area contributed by atoms with Crippen LogP contribution < -0.4 is 4.74 Å². The minimum atomic E-state index is 0.322. The molecule has 0 amide bonds. The van der Waals surface area contributed by atoms with Crippen LogP contribution in [-0.2, 0) is 0 Å². The average molecular weight is 196 g/mol. The lowest BCUT2D eigenvalue weighted by Gasteiger charge is -2.07. The summed E-state index contributed by atoms with van der Waals surface area (Å²) in [6.07, 6.45) is 13.6. The van der Waals surface area contributed by atoms with E-state index in [0.717, 1.165) is 5.75 Å². The average Bonchev–Trinajstić information content (AvgIpc) is 2.80. The fourth-order valence-corrected chi connectivity index (χ4v) is 1.57. The van der Waals surface area contributed by atoms with Crippen LogP contribution in [0.4, 0.5) is 0 Å². The molecule has 0 fully saturated rings. The van der Waals surface area contributed by atoms with Crippen LogP contribution in [0.2, 0.25) is 0 Å². The summed E-state index contributed by atoms with van der Waals surface area (Å²) in [7, 11) is 0. The molecule has 0 saturated carbocycles. The number of benzene rings is 1. The molecule has 1 aromatic rings. The Morgan fingerprint density at radius 1 is 1.13 bits per heavy atom. The van der Waals surface area contributed by atoms with Crippen molar-refractivity contribution in [1.82, 2.24) is 0 Å². The van der Waals surface area contributed by atoms with Crippen molar-refractivity contribution in [3.05, 3.63) is 54.1 Å². The van der Waals surface area contributed by atoms with Gasteiger partial charge in [-0.15, -0.1) is 6.42 Å². The third-order valence-electron chi connectivity index (χ3n) is 2.34. The molecule has 0 radical (unpaired) electrons. The molecule has 1 heteroatoms. The van der Waals surface area contributed by atoms with Crippen molar-refractivity contribution in [3.8, 4) is 18.1 Å². The predicted molar refractivity (Wildman–Crippen MR) is 61.8 cm³/mol. The molecule has 2 rings (SSSR count). The van der Waals surface area contributed by atoms with Gasteiger partial charge in [0, 0.05) is 5.92 Å². The van der Waals surface area contributed by atoms with Crippen molar-refractivity contribution < 1.29 is 4.74 Å². The molecule has 0 heterocycles. The van der Waals surface area contributed by atoms with Gasteiger partial charge < -0.3 is 4.74 Å². The normalized spacial score (nSPS) is 14.1. The molecule has 0 unspecified atom stereocenters. The van der Waals surface area contributed by atoms with E-state index in [9.17, 15) is 0 Å². The van der Waals surface area contributed by atoms with Crippen LogP contribution in [0, 0.1) is 12.3 Å². The Balaban J connectivity index is 2.07. The lowest BCUT2D eigenvalue weighted by molar-refractivity contribution is 0.370. The molecule has 0 saturated heterocycles. The summed E-state index contributed by atoms with van der Waals surface area (Å²) >= 11 is 0. The van der Waals surface area contributed by atoms with Crippen molar-refractivity contribution >= 4 is 0 Å². The van der Waals surface area contributed by atoms with E-state index in [2.05, 4.69) is 42.4 Å². The van der Waals surface area contributed by atoms with Gasteiger partial charge in [0.25, 0.3) is 0 Å². The van der Waals surface area contributed by atoms with E-state index >= 15 is 0 Å². The molecule has 1 aromatic carbocycles. The second-order valence-electron chi connectivity index (χ2n) is 3.36. The summed E-state index contributed by atoms with van der Waals surface area (Å²) < 4.78 is 5.30. The molecule has 74 valence electrons. The molecule has 1 aliphatic rings. The van der Waals surface area contributed by atoms with E-state index in [0.29, 0.717) is 12.5 Å². The van der Waals surface area contributed by atoms with E-state index in [4.69, 9.17) is 11.2 Å². The van der Waals surface area contributed by atoms with Gasteiger partial charge in [0.05, 0.1) is 0 Å². The largest absolute Gasteiger partial charge is 0.481 e. The number of hydrogen-bond donors (Lipinski definition) is 0. The van der Waals surface area contributed by atoms with Crippen molar-refractivity contribution in [3.63, 3.8) is 0 Å². The third-order valence-corrected chi connectivity index (χ3v) is 2.34. The highest BCUT2D eigenvalue weighted by Gasteiger charge is 2.06. The lowest BCUT2D eigenvalue weighted by atomic mass is 10.0. The van der Waals surface area contributed by atoms with Gasteiger partial charge in [-0.05, 0) is 17.7 Å². The van der Waals surface area contributed by atoms with Crippen LogP contribution in [0.25, 0.3) is 0 Å². The first kappa shape index (κ1) is 9.61. The van der Waals surface area contributed by atoms with Crippen LogP contribution in [0.15, 0.2) is 48.6 Å². The summed E-state index contributed by atoms with van der Waals surface area (Å²) in [5.74, 6) is 3.67. The Morgan fingerprint density at radius 3 is 2.40 bits per heavy atom. The molecule has 0 bridgehead atoms. The minimum Gasteiger partial charge on any atom is -0.481 e. The molecule has 0 spiro atoms. The summed E-state index contributed by atoms with van der Waals surface area (Å²) in [6.45, 7) is 0.322. The zero-order chi connectivity index (χ0) is 10.5. The molecule has 0 aromatic heterocycles. The highest BCUT2D eigenvalue weighted by Crippen LogP contribution is 2.24. The Kier molecular flexibility index (Phi) is 2.90. The molecule has 1 nitrogen and oxygen atoms in total. The van der Waals surface area contributed by atoms with Gasteiger partial charge in [0.2, 0.25) is 0 Å². The molecule has 0 atom stereocenters. The third kappa shape index (κ3) is 2.30. The van der Waals surface area contributed by atoms with E-state index in [1.54, 1.807) is 0 Å². The van der Waals surface area contributed by atoms with Gasteiger partial charge in [-0.3, -0.25) is 0 Å². The Labute approximate surface area is 90.1 Å². The molecule has 0 N–H and O–H groups in total. The smallest absolute Gasteiger partial charge is 0.148 e. The van der Waals surface area contributed by atoms with E-state index in [1.165, 1.54) is 5.56 Å². The maximum absolute atomic E-state index is 5.30. The maximum atomic E-state index is 5.30. The highest BCUT2D eigenvalue weighted by molar-refractivity contribution is 5.37. The standard InChI is InChI=1S/C14H12O/c1-2-11-15-14-9-7-13(8-10-14)12-5-3-4-6-12/h1,3-10,12H,11H2. The number of terminal acetylenes is 1. The Morgan fingerprint density at radius 2 is 1.80 bits per heavy atom. The predicted octanol–water partition coefficient (Wildman–Crippen LogP) is 2.91. The summed E-state index contributed by atoms with van der Waals surface area (Å²) in [5, 5.41) is 0. The molecular formula is C14H12O. The van der Waals surface area contributed by atoms with Crippen molar-refractivity contribution in [1.29, 1.82) is 0 Å². The van der Waals surface area contributed by atoms with E-state index in [1.807, 2.05) is 12.1 Å². The first-order valence-corrected chi connectivity index (χ1v) is 4.91. The Hall–Kier alpha value is -1.94. The number of allylic oxidation sites excluding steroid dienone is 4. The van der Waals surface area contributed by atoms with Crippen LogP contribution in [0.5, 0.6) is 5.75 Å². The van der Waals surface area contributed by atoms with Gasteiger partial charge in [-0.2, -0.15) is 0 Å². The second-order valence-corrected chi connectivity index (χ2v) is 3.36. The van der Waals surface area contributed by atoms with Gasteiger partial charge in [0.15, 0.2) is 0 Å². The SMILES string of the molecule is C#CCOc1ccc(C2C=CC=C2)cc1. The number of rotatable bonds is 3. The second kappa shape index (κ2) is 4.52. The first-order valence-electron chi connectivity index (χ1n) is 4.91. The van der Waals surface area contributed by atoms with E-state index < -0.39 is 0 Å². The van der Waals surface area contributed by atoms with Gasteiger partial charge in [0.1, 0.15) is 12.4 Å². The molecule has 15 heavy (non-hydrogen) atoms. The molecule has 1 aliphatic carbocycles. The summed E-state index contributed by atoms with van der Waals surface area (Å²) in [5.41, 5.74) is 1.27. The summed E-state index contributed by atoms with van der Waals surface area (Å²) in [4.78, 5) is 0. The van der Waals surface area contributed by atoms with Crippen LogP contribution in [0.3, 0.4) is 0 Å². The maximum Gasteiger partial charge on any atom is 0.148 e. The van der Waals surface area contributed by atoms with Gasteiger partial charge in [-0.1, -0.05) is 42.4 Å². The number of hydrogen-bond acceptors (Lipinski definition) is 1. The fraction of sp³-hybridized carbons (Fsp3) is 0.143. The van der Waals surface area contributed by atoms with Crippen molar-refractivity contribution in [2.24, 2.45) is 0 Å². The fourth-order valence-electron chi connectivity index (χ4n) is 1.57. The monoisotopic (exact) mass is 196 g/mol. The van der Waals surface area contributed by atoms with Crippen LogP contribution >= 0.6 is 0 Å². The Bertz CT molecular complexity index is 406. The molecular weight excluding hydrogens is 184 g/mol. The highest BCUT2D eigenvalue weighted by atomic mass is 16.5. The van der Waals surface area contributed by atoms with Crippen molar-refractivity contribution in [2.75, 3.05) is 6.61 Å². The minimum absolute atomic E-state index is 0.322. The van der Waals surface area contributed by atoms with Crippen LogP contribution in [-0.4, -0.2) is 6.61 Å². The van der Waals surface area contributed by atoms with Crippen LogP contribution in [0.1, 0.15) is 11.5 Å². The number of ether oxygens (including phenoxy) is 1. The quantitative estimate of drug-likeness (QED) is 0.675. The summed E-state index contributed by atoms with van der Waals surface area (Å²) in [6, 6.07) is 8.03. The van der Waals surface area contributed by atoms with Gasteiger partial charge >= 0.3 is 0 Å². The van der Waals surface area contributed by atoms with Gasteiger partial charge in [-0.25, -0.2) is 0 Å². The lowest BCUT2D eigenvalue weighted by Crippen LogP contribution is -1.94. The zero-order valence-corrected chi connectivity index (χ0v) is 8.39. The molecule has 0 aliphatic heterocycles. The topological polar surface area (TPSA) is 9.23 Å².